The molecule has 0 aromatic heterocycles. The Morgan fingerprint density at radius 1 is 1.21 bits per heavy atom. The van der Waals surface area contributed by atoms with Crippen molar-refractivity contribution in [3.8, 4) is 0 Å². The molecule has 0 aliphatic rings. The number of rotatable bonds is 2. The van der Waals surface area contributed by atoms with Gasteiger partial charge in [-0.1, -0.05) is 20.8 Å². The van der Waals surface area contributed by atoms with Crippen LogP contribution in [0.5, 0.6) is 0 Å². The molecule has 0 radical (unpaired) electrons. The summed E-state index contributed by atoms with van der Waals surface area (Å²) in [6.07, 6.45) is -7.34. The predicted molar refractivity (Wildman–Crippen MR) is 51.4 cm³/mol. The van der Waals surface area contributed by atoms with Gasteiger partial charge in [-0.3, -0.25) is 0 Å². The van der Waals surface area contributed by atoms with Gasteiger partial charge in [0.2, 0.25) is 0 Å². The van der Waals surface area contributed by atoms with Crippen molar-refractivity contribution in [1.82, 2.24) is 0 Å². The number of aliphatic hydroxyl groups excluding tert-OH is 1. The molecule has 0 fully saturated rings. The summed E-state index contributed by atoms with van der Waals surface area (Å²) in [6.45, 7) is 5.21. The molecule has 0 saturated heterocycles. The van der Waals surface area contributed by atoms with E-state index >= 15 is 0 Å². The first kappa shape index (κ1) is 16.4. The van der Waals surface area contributed by atoms with Crippen molar-refractivity contribution >= 4 is 12.4 Å². The quantitative estimate of drug-likeness (QED) is 0.770. The molecule has 0 unspecified atom stereocenters. The maximum atomic E-state index is 11.9. The van der Waals surface area contributed by atoms with Crippen LogP contribution >= 0.6 is 12.4 Å². The lowest BCUT2D eigenvalue weighted by Crippen LogP contribution is -2.42. The fourth-order valence-corrected chi connectivity index (χ4v) is 0.728. The average molecular weight is 236 g/mol. The largest absolute Gasteiger partial charge is 0.414 e. The van der Waals surface area contributed by atoms with Crippen LogP contribution in [0.4, 0.5) is 13.2 Å². The Morgan fingerprint density at radius 2 is 1.57 bits per heavy atom. The molecule has 0 bridgehead atoms. The lowest BCUT2D eigenvalue weighted by atomic mass is 9.84. The molecule has 0 aromatic rings. The van der Waals surface area contributed by atoms with Crippen LogP contribution in [0.25, 0.3) is 0 Å². The third kappa shape index (κ3) is 5.67. The smallest absolute Gasteiger partial charge is 0.384 e. The molecule has 0 aliphatic heterocycles. The highest BCUT2D eigenvalue weighted by atomic mass is 35.5. The van der Waals surface area contributed by atoms with E-state index in [9.17, 15) is 13.2 Å². The molecule has 0 amide bonds. The van der Waals surface area contributed by atoms with Crippen molar-refractivity contribution in [3.05, 3.63) is 0 Å². The van der Waals surface area contributed by atoms with Gasteiger partial charge in [0.1, 0.15) is 0 Å². The first-order valence-corrected chi connectivity index (χ1v) is 4.05. The van der Waals surface area contributed by atoms with E-state index in [2.05, 4.69) is 0 Å². The summed E-state index contributed by atoms with van der Waals surface area (Å²) in [5, 5.41) is 8.71. The van der Waals surface area contributed by atoms with E-state index in [4.69, 9.17) is 10.8 Å². The van der Waals surface area contributed by atoms with Crippen LogP contribution in [0.3, 0.4) is 0 Å². The molecule has 88 valence electrons. The number of alkyl halides is 3. The van der Waals surface area contributed by atoms with Crippen LogP contribution in [0.15, 0.2) is 0 Å². The second-order valence-electron chi connectivity index (χ2n) is 4.27. The minimum atomic E-state index is -4.57. The third-order valence-corrected chi connectivity index (χ3v) is 1.97. The second kappa shape index (κ2) is 5.19. The number of hydrogen-bond donors (Lipinski definition) is 2. The summed E-state index contributed by atoms with van der Waals surface area (Å²) in [6, 6.07) is -0.663. The van der Waals surface area contributed by atoms with E-state index in [1.807, 2.05) is 0 Å². The van der Waals surface area contributed by atoms with Gasteiger partial charge in [-0.05, 0) is 11.8 Å². The molecule has 2 atom stereocenters. The zero-order valence-electron chi connectivity index (χ0n) is 8.43. The third-order valence-electron chi connectivity index (χ3n) is 1.97. The van der Waals surface area contributed by atoms with Gasteiger partial charge < -0.3 is 10.8 Å². The van der Waals surface area contributed by atoms with Crippen LogP contribution in [0.1, 0.15) is 27.2 Å². The minimum Gasteiger partial charge on any atom is -0.384 e. The molecule has 0 aliphatic carbocycles. The van der Waals surface area contributed by atoms with Crippen LogP contribution < -0.4 is 5.73 Å². The van der Waals surface area contributed by atoms with Gasteiger partial charge in [0.25, 0.3) is 0 Å². The summed E-state index contributed by atoms with van der Waals surface area (Å²) in [4.78, 5) is 0. The van der Waals surface area contributed by atoms with Gasteiger partial charge in [0.15, 0.2) is 6.10 Å². The minimum absolute atomic E-state index is 0. The summed E-state index contributed by atoms with van der Waals surface area (Å²) in [5.74, 6) is 0. The first-order valence-electron chi connectivity index (χ1n) is 4.05. The second-order valence-corrected chi connectivity index (χ2v) is 4.27. The van der Waals surface area contributed by atoms with E-state index in [0.717, 1.165) is 0 Å². The zero-order chi connectivity index (χ0) is 10.9. The fourth-order valence-electron chi connectivity index (χ4n) is 0.728. The molecule has 0 aromatic carbocycles. The van der Waals surface area contributed by atoms with Crippen molar-refractivity contribution in [2.24, 2.45) is 11.1 Å². The van der Waals surface area contributed by atoms with Crippen molar-refractivity contribution in [3.63, 3.8) is 0 Å². The van der Waals surface area contributed by atoms with E-state index < -0.39 is 30.2 Å². The standard InChI is InChI=1S/C8H16F3NO.ClH/c1-7(2,3)5(12)4-6(13)8(9,10)11;/h5-6,13H,4,12H2,1-3H3;1H/t5-,6-;/m0./s1. The zero-order valence-corrected chi connectivity index (χ0v) is 9.25. The Morgan fingerprint density at radius 3 is 1.79 bits per heavy atom. The predicted octanol–water partition coefficient (Wildman–Crippen LogP) is 2.09. The maximum Gasteiger partial charge on any atom is 0.414 e. The van der Waals surface area contributed by atoms with E-state index in [0.29, 0.717) is 0 Å². The summed E-state index contributed by atoms with van der Waals surface area (Å²) in [5.41, 5.74) is 5.06. The molecule has 0 heterocycles. The van der Waals surface area contributed by atoms with Crippen LogP contribution in [-0.4, -0.2) is 23.4 Å². The molecule has 6 heteroatoms. The molecule has 0 spiro atoms. The molecule has 0 saturated carbocycles. The molecule has 14 heavy (non-hydrogen) atoms. The maximum absolute atomic E-state index is 11.9. The van der Waals surface area contributed by atoms with Crippen molar-refractivity contribution in [1.29, 1.82) is 0 Å². The normalized spacial score (nSPS) is 17.1. The van der Waals surface area contributed by atoms with Gasteiger partial charge in [0.05, 0.1) is 0 Å². The highest BCUT2D eigenvalue weighted by molar-refractivity contribution is 5.85. The van der Waals surface area contributed by atoms with Crippen molar-refractivity contribution in [2.45, 2.75) is 45.5 Å². The van der Waals surface area contributed by atoms with Crippen molar-refractivity contribution < 1.29 is 18.3 Å². The number of halogens is 4. The Balaban J connectivity index is 0. The van der Waals surface area contributed by atoms with Gasteiger partial charge in [-0.25, -0.2) is 0 Å². The Bertz CT molecular complexity index is 149. The van der Waals surface area contributed by atoms with E-state index in [-0.39, 0.29) is 12.4 Å². The highest BCUT2D eigenvalue weighted by Gasteiger charge is 2.40. The Hall–Kier alpha value is -0.0000000000000000555. The summed E-state index contributed by atoms with van der Waals surface area (Å²) < 4.78 is 35.7. The summed E-state index contributed by atoms with van der Waals surface area (Å²) in [7, 11) is 0. The number of hydrogen-bond acceptors (Lipinski definition) is 2. The van der Waals surface area contributed by atoms with Gasteiger partial charge in [-0.15, -0.1) is 12.4 Å². The highest BCUT2D eigenvalue weighted by Crippen LogP contribution is 2.27. The van der Waals surface area contributed by atoms with Gasteiger partial charge in [0, 0.05) is 6.04 Å². The Kier molecular flexibility index (Phi) is 6.09. The van der Waals surface area contributed by atoms with Crippen LogP contribution in [-0.2, 0) is 0 Å². The van der Waals surface area contributed by atoms with E-state index in [1.54, 1.807) is 20.8 Å². The first-order chi connectivity index (χ1) is 5.55. The van der Waals surface area contributed by atoms with Crippen LogP contribution in [0.2, 0.25) is 0 Å². The van der Waals surface area contributed by atoms with Crippen molar-refractivity contribution in [2.75, 3.05) is 0 Å². The van der Waals surface area contributed by atoms with Crippen LogP contribution in [0, 0.1) is 5.41 Å². The number of aliphatic hydroxyl groups is 1. The molecular weight excluding hydrogens is 219 g/mol. The monoisotopic (exact) mass is 235 g/mol. The average Bonchev–Trinajstić information content (AvgIpc) is 1.82. The lowest BCUT2D eigenvalue weighted by molar-refractivity contribution is -0.207. The lowest BCUT2D eigenvalue weighted by Gasteiger charge is -2.29. The van der Waals surface area contributed by atoms with E-state index in [1.165, 1.54) is 0 Å². The SMILES string of the molecule is CC(C)(C)[C@@H](N)C[C@H](O)C(F)(F)F.Cl. The topological polar surface area (TPSA) is 46.2 Å². The number of nitrogens with two attached hydrogens (primary N) is 1. The molecule has 3 N–H and O–H groups in total. The van der Waals surface area contributed by atoms with Gasteiger partial charge >= 0.3 is 6.18 Å². The van der Waals surface area contributed by atoms with Gasteiger partial charge in [-0.2, -0.15) is 13.2 Å². The molecular formula is C8H17ClF3NO. The fraction of sp³-hybridized carbons (Fsp3) is 1.00. The summed E-state index contributed by atoms with van der Waals surface area (Å²) >= 11 is 0. The molecule has 0 rings (SSSR count). The molecule has 2 nitrogen and oxygen atoms in total. The Labute approximate surface area is 88.1 Å².